The van der Waals surface area contributed by atoms with E-state index in [-0.39, 0.29) is 6.04 Å². The molecule has 0 aliphatic heterocycles. The van der Waals surface area contributed by atoms with Crippen molar-refractivity contribution in [3.8, 4) is 5.75 Å². The van der Waals surface area contributed by atoms with Crippen molar-refractivity contribution < 1.29 is 4.74 Å². The Labute approximate surface area is 130 Å². The van der Waals surface area contributed by atoms with Crippen molar-refractivity contribution in [3.05, 3.63) is 46.4 Å². The van der Waals surface area contributed by atoms with Crippen LogP contribution in [0, 0.1) is 20.8 Å². The Kier molecular flexibility index (Phi) is 5.02. The summed E-state index contributed by atoms with van der Waals surface area (Å²) >= 11 is 6.07. The second-order valence-corrected chi connectivity index (χ2v) is 5.56. The summed E-state index contributed by atoms with van der Waals surface area (Å²) in [6.45, 7) is 8.36. The molecule has 1 heterocycles. The summed E-state index contributed by atoms with van der Waals surface area (Å²) in [7, 11) is 0. The van der Waals surface area contributed by atoms with Gasteiger partial charge >= 0.3 is 0 Å². The van der Waals surface area contributed by atoms with Gasteiger partial charge in [-0.15, -0.1) is 0 Å². The highest BCUT2D eigenvalue weighted by molar-refractivity contribution is 6.30. The minimum absolute atomic E-state index is 0.107. The fraction of sp³-hybridized carbons (Fsp3) is 0.375. The number of benzene rings is 1. The van der Waals surface area contributed by atoms with Gasteiger partial charge in [-0.2, -0.15) is 0 Å². The average molecular weight is 306 g/mol. The molecule has 0 saturated carbocycles. The Hall–Kier alpha value is -1.81. The first-order chi connectivity index (χ1) is 9.95. The predicted molar refractivity (Wildman–Crippen MR) is 86.3 cm³/mol. The molecular weight excluding hydrogens is 286 g/mol. The van der Waals surface area contributed by atoms with E-state index in [1.165, 1.54) is 5.56 Å². The third-order valence-corrected chi connectivity index (χ3v) is 3.47. The molecule has 112 valence electrons. The van der Waals surface area contributed by atoms with E-state index in [1.54, 1.807) is 0 Å². The molecule has 5 heteroatoms. The maximum Gasteiger partial charge on any atom is 0.137 e. The molecule has 1 atom stereocenters. The Bertz CT molecular complexity index is 614. The van der Waals surface area contributed by atoms with Gasteiger partial charge in [-0.3, -0.25) is 0 Å². The minimum atomic E-state index is 0.107. The Morgan fingerprint density at radius 2 is 1.81 bits per heavy atom. The number of rotatable bonds is 5. The first kappa shape index (κ1) is 15.6. The molecule has 0 radical (unpaired) electrons. The molecule has 2 aromatic rings. The fourth-order valence-corrected chi connectivity index (χ4v) is 2.08. The van der Waals surface area contributed by atoms with Crippen molar-refractivity contribution >= 4 is 17.4 Å². The summed E-state index contributed by atoms with van der Waals surface area (Å²) in [5.41, 5.74) is 2.07. The van der Waals surface area contributed by atoms with Gasteiger partial charge in [-0.25, -0.2) is 9.97 Å². The summed E-state index contributed by atoms with van der Waals surface area (Å²) in [6.07, 6.45) is 0. The van der Waals surface area contributed by atoms with Crippen LogP contribution < -0.4 is 10.1 Å². The van der Waals surface area contributed by atoms with Gasteiger partial charge < -0.3 is 10.1 Å². The lowest BCUT2D eigenvalue weighted by atomic mass is 10.2. The van der Waals surface area contributed by atoms with Crippen molar-refractivity contribution in [1.82, 2.24) is 9.97 Å². The van der Waals surface area contributed by atoms with Crippen molar-refractivity contribution in [1.29, 1.82) is 0 Å². The molecule has 0 bridgehead atoms. The predicted octanol–water partition coefficient (Wildman–Crippen LogP) is 3.93. The van der Waals surface area contributed by atoms with Crippen LogP contribution in [-0.2, 0) is 0 Å². The molecule has 1 aromatic carbocycles. The fourth-order valence-electron chi connectivity index (χ4n) is 1.87. The largest absolute Gasteiger partial charge is 0.491 e. The highest BCUT2D eigenvalue weighted by Crippen LogP contribution is 2.20. The monoisotopic (exact) mass is 305 g/mol. The number of nitrogens with one attached hydrogen (secondary N) is 1. The standard InChI is InChI=1S/C16H20ClN3O/c1-10-5-7-14(8-6-10)21-9-11(2)18-16-12(3)15(17)19-13(4)20-16/h5-8,11H,9H2,1-4H3,(H,18,19,20). The van der Waals surface area contributed by atoms with Crippen molar-refractivity contribution in [2.45, 2.75) is 33.7 Å². The van der Waals surface area contributed by atoms with E-state index in [9.17, 15) is 0 Å². The molecule has 0 amide bonds. The molecule has 0 saturated heterocycles. The van der Waals surface area contributed by atoms with Crippen LogP contribution in [0.2, 0.25) is 5.15 Å². The normalized spacial score (nSPS) is 12.0. The van der Waals surface area contributed by atoms with Gasteiger partial charge in [0.2, 0.25) is 0 Å². The van der Waals surface area contributed by atoms with Gasteiger partial charge in [0.25, 0.3) is 0 Å². The number of aryl methyl sites for hydroxylation is 2. The topological polar surface area (TPSA) is 47.0 Å². The van der Waals surface area contributed by atoms with E-state index in [0.717, 1.165) is 17.1 Å². The van der Waals surface area contributed by atoms with Crippen LogP contribution in [0.3, 0.4) is 0 Å². The Morgan fingerprint density at radius 1 is 1.14 bits per heavy atom. The van der Waals surface area contributed by atoms with Crippen LogP contribution in [0.25, 0.3) is 0 Å². The quantitative estimate of drug-likeness (QED) is 0.850. The molecule has 1 unspecified atom stereocenters. The number of aromatic nitrogens is 2. The maximum absolute atomic E-state index is 6.07. The molecular formula is C16H20ClN3O. The number of nitrogens with zero attached hydrogens (tertiary/aromatic N) is 2. The van der Waals surface area contributed by atoms with Gasteiger partial charge in [-0.1, -0.05) is 29.3 Å². The second-order valence-electron chi connectivity index (χ2n) is 5.20. The smallest absolute Gasteiger partial charge is 0.137 e. The minimum Gasteiger partial charge on any atom is -0.491 e. The zero-order chi connectivity index (χ0) is 15.4. The van der Waals surface area contributed by atoms with Crippen LogP contribution in [0.15, 0.2) is 24.3 Å². The van der Waals surface area contributed by atoms with Gasteiger partial charge in [0.15, 0.2) is 0 Å². The van der Waals surface area contributed by atoms with Crippen molar-refractivity contribution in [2.75, 3.05) is 11.9 Å². The number of ether oxygens (including phenoxy) is 1. The average Bonchev–Trinajstić information content (AvgIpc) is 2.43. The van der Waals surface area contributed by atoms with Crippen LogP contribution in [-0.4, -0.2) is 22.6 Å². The van der Waals surface area contributed by atoms with Crippen molar-refractivity contribution in [3.63, 3.8) is 0 Å². The highest BCUT2D eigenvalue weighted by Gasteiger charge is 2.10. The molecule has 0 spiro atoms. The summed E-state index contributed by atoms with van der Waals surface area (Å²) in [5, 5.41) is 3.80. The molecule has 0 aliphatic carbocycles. The van der Waals surface area contributed by atoms with E-state index >= 15 is 0 Å². The summed E-state index contributed by atoms with van der Waals surface area (Å²) in [5.74, 6) is 2.27. The lowest BCUT2D eigenvalue weighted by Gasteiger charge is -2.17. The van der Waals surface area contributed by atoms with Gasteiger partial charge in [0.05, 0.1) is 6.04 Å². The first-order valence-corrected chi connectivity index (χ1v) is 7.30. The number of anilines is 1. The van der Waals surface area contributed by atoms with E-state index in [1.807, 2.05) is 45.0 Å². The Balaban J connectivity index is 1.95. The highest BCUT2D eigenvalue weighted by atomic mass is 35.5. The SMILES string of the molecule is Cc1ccc(OCC(C)Nc2nc(C)nc(Cl)c2C)cc1. The van der Waals surface area contributed by atoms with Crippen LogP contribution in [0.5, 0.6) is 5.75 Å². The first-order valence-electron chi connectivity index (χ1n) is 6.92. The van der Waals surface area contributed by atoms with E-state index in [4.69, 9.17) is 16.3 Å². The molecule has 21 heavy (non-hydrogen) atoms. The number of hydrogen-bond donors (Lipinski definition) is 1. The third kappa shape index (κ3) is 4.33. The summed E-state index contributed by atoms with van der Waals surface area (Å²) < 4.78 is 5.76. The van der Waals surface area contributed by atoms with E-state index in [2.05, 4.69) is 22.2 Å². The van der Waals surface area contributed by atoms with Crippen molar-refractivity contribution in [2.24, 2.45) is 0 Å². The van der Waals surface area contributed by atoms with E-state index in [0.29, 0.717) is 17.6 Å². The lowest BCUT2D eigenvalue weighted by Crippen LogP contribution is -2.24. The molecule has 4 nitrogen and oxygen atoms in total. The van der Waals surface area contributed by atoms with Crippen LogP contribution in [0.4, 0.5) is 5.82 Å². The maximum atomic E-state index is 6.07. The molecule has 1 N–H and O–H groups in total. The van der Waals surface area contributed by atoms with Gasteiger partial charge in [0.1, 0.15) is 29.2 Å². The van der Waals surface area contributed by atoms with Gasteiger partial charge in [-0.05, 0) is 39.8 Å². The zero-order valence-corrected chi connectivity index (χ0v) is 13.5. The van der Waals surface area contributed by atoms with Crippen LogP contribution in [0.1, 0.15) is 23.9 Å². The number of hydrogen-bond acceptors (Lipinski definition) is 4. The lowest BCUT2D eigenvalue weighted by molar-refractivity contribution is 0.303. The molecule has 1 aromatic heterocycles. The molecule has 0 fully saturated rings. The number of halogens is 1. The van der Waals surface area contributed by atoms with E-state index < -0.39 is 0 Å². The summed E-state index contributed by atoms with van der Waals surface area (Å²) in [6, 6.07) is 8.12. The molecule has 0 aliphatic rings. The van der Waals surface area contributed by atoms with Gasteiger partial charge in [0, 0.05) is 5.56 Å². The van der Waals surface area contributed by atoms with Crippen LogP contribution >= 0.6 is 11.6 Å². The molecule has 2 rings (SSSR count). The second kappa shape index (κ2) is 6.76. The third-order valence-electron chi connectivity index (χ3n) is 3.10. The zero-order valence-electron chi connectivity index (χ0n) is 12.8. The summed E-state index contributed by atoms with van der Waals surface area (Å²) in [4.78, 5) is 8.50. The Morgan fingerprint density at radius 3 is 2.48 bits per heavy atom.